The van der Waals surface area contributed by atoms with Crippen molar-refractivity contribution < 1.29 is 13.3 Å². The van der Waals surface area contributed by atoms with Gasteiger partial charge in [-0.1, -0.05) is 152 Å². The maximum atomic E-state index is 6.75. The highest BCUT2D eigenvalue weighted by Gasteiger charge is 2.30. The Kier molecular flexibility index (Phi) is 8.56. The second kappa shape index (κ2) is 15.1. The van der Waals surface area contributed by atoms with E-state index in [-0.39, 0.29) is 0 Å². The van der Waals surface area contributed by atoms with Crippen molar-refractivity contribution >= 4 is 66.0 Å². The molecule has 14 rings (SSSR count). The van der Waals surface area contributed by atoms with Crippen LogP contribution in [0.4, 0.5) is 0 Å². The third-order valence-electron chi connectivity index (χ3n) is 14.2. The third kappa shape index (κ3) is 6.20. The van der Waals surface area contributed by atoms with Crippen molar-refractivity contribution in [1.82, 2.24) is 15.0 Å². The molecule has 3 atom stereocenters. The van der Waals surface area contributed by atoms with E-state index in [4.69, 9.17) is 28.2 Å². The van der Waals surface area contributed by atoms with Crippen LogP contribution < -0.4 is 0 Å². The van der Waals surface area contributed by atoms with Gasteiger partial charge in [0.2, 0.25) is 0 Å². The molecule has 10 aromatic rings. The minimum absolute atomic E-state index is 0.358. The molecule has 6 heteroatoms. The lowest BCUT2D eigenvalue weighted by Gasteiger charge is -2.33. The predicted molar refractivity (Wildman–Crippen MR) is 270 cm³/mol. The van der Waals surface area contributed by atoms with Crippen LogP contribution in [-0.2, 0) is 6.42 Å². The standard InChI is InChI=1S/C61H41N3O3/c1-2-16-42-36(12-1)13-8-19-43(42)37-28-30-38(31-29-37)59-62-60(64-61(63-59)50-23-9-22-47-46-17-3-5-24-51(46)67-58(47)50)41-15-7-14-39(34-41)44-20-10-27-54-57(44)49-33-32-40(35-55(49)66-54)45-21-11-26-53-56(45)48-18-4-6-25-52(48)65-53/h1-9,11-26,28,30-35,37,42-43H,10,27,29H2. The van der Waals surface area contributed by atoms with E-state index in [0.29, 0.717) is 35.2 Å². The van der Waals surface area contributed by atoms with Crippen molar-refractivity contribution in [2.75, 3.05) is 0 Å². The molecule has 6 nitrogen and oxygen atoms in total. The van der Waals surface area contributed by atoms with Gasteiger partial charge in [0.1, 0.15) is 33.7 Å². The molecule has 3 unspecified atom stereocenters. The molecule has 0 bridgehead atoms. The average molecular weight is 864 g/mol. The summed E-state index contributed by atoms with van der Waals surface area (Å²) in [7, 11) is 0. The summed E-state index contributed by atoms with van der Waals surface area (Å²) in [6, 6.07) is 44.2. The van der Waals surface area contributed by atoms with E-state index in [0.717, 1.165) is 124 Å². The van der Waals surface area contributed by atoms with E-state index >= 15 is 0 Å². The van der Waals surface area contributed by atoms with Crippen LogP contribution in [0.5, 0.6) is 0 Å². The Morgan fingerprint density at radius 3 is 2.22 bits per heavy atom. The molecule has 0 radical (unpaired) electrons. The van der Waals surface area contributed by atoms with Gasteiger partial charge in [-0.3, -0.25) is 0 Å². The minimum Gasteiger partial charge on any atom is -0.460 e. The van der Waals surface area contributed by atoms with Crippen LogP contribution in [0.15, 0.2) is 213 Å². The molecule has 6 aromatic carbocycles. The minimum atomic E-state index is 0.358. The summed E-state index contributed by atoms with van der Waals surface area (Å²) in [6.45, 7) is 0. The molecule has 4 aliphatic carbocycles. The normalized spacial score (nSPS) is 18.7. The van der Waals surface area contributed by atoms with Crippen LogP contribution >= 0.6 is 0 Å². The summed E-state index contributed by atoms with van der Waals surface area (Å²) in [5.74, 6) is 3.95. The van der Waals surface area contributed by atoms with Gasteiger partial charge >= 0.3 is 0 Å². The first-order valence-electron chi connectivity index (χ1n) is 23.2. The fourth-order valence-corrected chi connectivity index (χ4v) is 11.0. The quantitative estimate of drug-likeness (QED) is 0.166. The number of allylic oxidation sites excluding steroid dienone is 13. The molecule has 67 heavy (non-hydrogen) atoms. The lowest BCUT2D eigenvalue weighted by molar-refractivity contribution is 0.407. The second-order valence-electron chi connectivity index (χ2n) is 18.0. The first kappa shape index (κ1) is 38.0. The number of benzene rings is 6. The number of furan rings is 3. The zero-order chi connectivity index (χ0) is 44.0. The van der Waals surface area contributed by atoms with Crippen molar-refractivity contribution in [3.05, 3.63) is 223 Å². The summed E-state index contributed by atoms with van der Waals surface area (Å²) in [6.07, 6.45) is 27.5. The average Bonchev–Trinajstić information content (AvgIpc) is 4.10. The fourth-order valence-electron chi connectivity index (χ4n) is 11.0. The van der Waals surface area contributed by atoms with Crippen molar-refractivity contribution in [3.63, 3.8) is 0 Å². The van der Waals surface area contributed by atoms with Gasteiger partial charge in [0.15, 0.2) is 17.5 Å². The number of aryl methyl sites for hydroxylation is 1. The van der Waals surface area contributed by atoms with Crippen LogP contribution in [0.3, 0.4) is 0 Å². The maximum Gasteiger partial charge on any atom is 0.167 e. The summed E-state index contributed by atoms with van der Waals surface area (Å²) in [4.78, 5) is 15.8. The Morgan fingerprint density at radius 1 is 0.507 bits per heavy atom. The Hall–Kier alpha value is -8.35. The van der Waals surface area contributed by atoms with Gasteiger partial charge in [-0.05, 0) is 95.0 Å². The molecule has 318 valence electrons. The second-order valence-corrected chi connectivity index (χ2v) is 18.0. The largest absolute Gasteiger partial charge is 0.460 e. The van der Waals surface area contributed by atoms with Crippen molar-refractivity contribution in [2.45, 2.75) is 19.3 Å². The Bertz CT molecular complexity index is 3940. The zero-order valence-electron chi connectivity index (χ0n) is 36.4. The zero-order valence-corrected chi connectivity index (χ0v) is 36.4. The molecule has 4 heterocycles. The van der Waals surface area contributed by atoms with E-state index in [9.17, 15) is 0 Å². The first-order valence-corrected chi connectivity index (χ1v) is 23.2. The molecule has 0 saturated carbocycles. The van der Waals surface area contributed by atoms with Gasteiger partial charge in [-0.15, -0.1) is 0 Å². The number of fused-ring (bicyclic) bond motifs is 10. The first-order chi connectivity index (χ1) is 33.2. The molecular formula is C61H41N3O3. The van der Waals surface area contributed by atoms with Gasteiger partial charge in [0, 0.05) is 56.0 Å². The SMILES string of the molecule is C1=CC2=CC=CC(C3C=CC(c4nc(-c5cccc(C6=CCCc7oc8cc(-c9cccc%10oc%11ccccc%11c9%10)ccc8c76)c5)nc(-c5cccc6c5oc5ccccc56)n4)=CC3)C2C=C1. The molecule has 0 fully saturated rings. The van der Waals surface area contributed by atoms with Crippen molar-refractivity contribution in [2.24, 2.45) is 17.8 Å². The number of para-hydroxylation sites is 3. The van der Waals surface area contributed by atoms with Crippen LogP contribution in [0.1, 0.15) is 35.6 Å². The number of rotatable bonds is 6. The Balaban J connectivity index is 0.853. The van der Waals surface area contributed by atoms with Gasteiger partial charge in [0.25, 0.3) is 0 Å². The third-order valence-corrected chi connectivity index (χ3v) is 14.2. The van der Waals surface area contributed by atoms with Crippen LogP contribution in [0.2, 0.25) is 0 Å². The number of hydrogen-bond donors (Lipinski definition) is 0. The molecule has 0 N–H and O–H groups in total. The van der Waals surface area contributed by atoms with E-state index in [1.165, 1.54) is 5.57 Å². The molecule has 0 saturated heterocycles. The van der Waals surface area contributed by atoms with Gasteiger partial charge in [0.05, 0.1) is 5.56 Å². The number of hydrogen-bond acceptors (Lipinski definition) is 6. The monoisotopic (exact) mass is 863 g/mol. The highest BCUT2D eigenvalue weighted by molar-refractivity contribution is 6.13. The number of nitrogens with zero attached hydrogens (tertiary/aromatic N) is 3. The van der Waals surface area contributed by atoms with Crippen LogP contribution in [0, 0.1) is 17.8 Å². The maximum absolute atomic E-state index is 6.75. The molecular weight excluding hydrogens is 823 g/mol. The highest BCUT2D eigenvalue weighted by atomic mass is 16.3. The topological polar surface area (TPSA) is 78.1 Å². The van der Waals surface area contributed by atoms with E-state index in [1.807, 2.05) is 36.4 Å². The number of aromatic nitrogens is 3. The van der Waals surface area contributed by atoms with Gasteiger partial charge < -0.3 is 13.3 Å². The van der Waals surface area contributed by atoms with Crippen LogP contribution in [-0.4, -0.2) is 15.0 Å². The molecule has 0 amide bonds. The molecule has 4 aliphatic rings. The molecule has 4 aromatic heterocycles. The smallest absolute Gasteiger partial charge is 0.167 e. The van der Waals surface area contributed by atoms with Gasteiger partial charge in [-0.2, -0.15) is 0 Å². The Morgan fingerprint density at radius 2 is 1.30 bits per heavy atom. The Labute approximate surface area is 386 Å². The summed E-state index contributed by atoms with van der Waals surface area (Å²) in [5, 5.41) is 5.43. The highest BCUT2D eigenvalue weighted by Crippen LogP contribution is 2.44. The lowest BCUT2D eigenvalue weighted by Crippen LogP contribution is -2.24. The van der Waals surface area contributed by atoms with E-state index in [2.05, 4.69) is 158 Å². The summed E-state index contributed by atoms with van der Waals surface area (Å²) >= 11 is 0. The fraction of sp³-hybridized carbons (Fsp3) is 0.0984. The van der Waals surface area contributed by atoms with E-state index in [1.54, 1.807) is 0 Å². The van der Waals surface area contributed by atoms with Crippen LogP contribution in [0.25, 0.3) is 99.9 Å². The lowest BCUT2D eigenvalue weighted by atomic mass is 9.71. The predicted octanol–water partition coefficient (Wildman–Crippen LogP) is 15.6. The van der Waals surface area contributed by atoms with E-state index < -0.39 is 0 Å². The van der Waals surface area contributed by atoms with Crippen molar-refractivity contribution in [1.29, 1.82) is 0 Å². The summed E-state index contributed by atoms with van der Waals surface area (Å²) < 4.78 is 19.5. The molecule has 0 spiro atoms. The molecule has 0 aliphatic heterocycles. The summed E-state index contributed by atoms with van der Waals surface area (Å²) in [5.41, 5.74) is 14.0. The van der Waals surface area contributed by atoms with Crippen molar-refractivity contribution in [3.8, 4) is 33.9 Å². The van der Waals surface area contributed by atoms with Gasteiger partial charge in [-0.25, -0.2) is 15.0 Å².